The van der Waals surface area contributed by atoms with Crippen LogP contribution in [0.25, 0.3) is 0 Å². The number of hydrogen-bond acceptors (Lipinski definition) is 4. The Hall–Kier alpha value is -1.16. The van der Waals surface area contributed by atoms with Crippen LogP contribution in [0.3, 0.4) is 0 Å². The number of rotatable bonds is 4. The Morgan fingerprint density at radius 1 is 1.18 bits per heavy atom. The normalized spacial score (nSPS) is 24.6. The van der Waals surface area contributed by atoms with E-state index >= 15 is 0 Å². The van der Waals surface area contributed by atoms with Crippen LogP contribution in [-0.2, 0) is 0 Å². The molecule has 94 valence electrons. The molecule has 0 aliphatic heterocycles. The van der Waals surface area contributed by atoms with Gasteiger partial charge in [0.1, 0.15) is 0 Å². The zero-order valence-electron chi connectivity index (χ0n) is 10.5. The summed E-state index contributed by atoms with van der Waals surface area (Å²) in [4.78, 5) is 8.50. The molecule has 0 radical (unpaired) electrons. The zero-order valence-corrected chi connectivity index (χ0v) is 10.5. The monoisotopic (exact) mass is 234 g/mol. The lowest BCUT2D eigenvalue weighted by Gasteiger charge is -2.27. The number of anilines is 1. The zero-order chi connectivity index (χ0) is 12.1. The lowest BCUT2D eigenvalue weighted by molar-refractivity contribution is 0.289. The molecule has 4 heteroatoms. The van der Waals surface area contributed by atoms with E-state index in [1.54, 1.807) is 0 Å². The number of nitrogens with one attached hydrogen (secondary N) is 1. The van der Waals surface area contributed by atoms with Gasteiger partial charge in [0, 0.05) is 18.9 Å². The van der Waals surface area contributed by atoms with E-state index in [0.29, 0.717) is 0 Å². The smallest absolute Gasteiger partial charge is 0.222 e. The first-order chi connectivity index (χ1) is 8.28. The number of nitrogens with two attached hydrogens (primary N) is 1. The second-order valence-electron chi connectivity index (χ2n) is 5.09. The SMILES string of the molecule is Cc1cnc(NCC2CCC(CN)CC2)nc1. The number of aryl methyl sites for hydroxylation is 1. The average molecular weight is 234 g/mol. The van der Waals surface area contributed by atoms with Gasteiger partial charge >= 0.3 is 0 Å². The first kappa shape index (κ1) is 12.3. The largest absolute Gasteiger partial charge is 0.354 e. The van der Waals surface area contributed by atoms with Crippen LogP contribution in [0.4, 0.5) is 5.95 Å². The highest BCUT2D eigenvalue weighted by molar-refractivity contribution is 5.24. The van der Waals surface area contributed by atoms with Gasteiger partial charge in [-0.25, -0.2) is 9.97 Å². The summed E-state index contributed by atoms with van der Waals surface area (Å²) in [5.74, 6) is 2.25. The van der Waals surface area contributed by atoms with E-state index in [-0.39, 0.29) is 0 Å². The van der Waals surface area contributed by atoms with Crippen molar-refractivity contribution in [2.75, 3.05) is 18.4 Å². The van der Waals surface area contributed by atoms with Crippen molar-refractivity contribution in [3.8, 4) is 0 Å². The molecule has 1 aromatic heterocycles. The van der Waals surface area contributed by atoms with E-state index in [4.69, 9.17) is 5.73 Å². The molecule has 0 atom stereocenters. The van der Waals surface area contributed by atoms with Crippen molar-refractivity contribution in [3.05, 3.63) is 18.0 Å². The fourth-order valence-corrected chi connectivity index (χ4v) is 2.39. The second-order valence-corrected chi connectivity index (χ2v) is 5.09. The van der Waals surface area contributed by atoms with Gasteiger partial charge in [-0.3, -0.25) is 0 Å². The molecule has 1 saturated carbocycles. The van der Waals surface area contributed by atoms with E-state index in [9.17, 15) is 0 Å². The van der Waals surface area contributed by atoms with Gasteiger partial charge in [-0.15, -0.1) is 0 Å². The molecule has 0 aromatic carbocycles. The van der Waals surface area contributed by atoms with E-state index in [0.717, 1.165) is 36.4 Å². The van der Waals surface area contributed by atoms with E-state index in [1.807, 2.05) is 19.3 Å². The van der Waals surface area contributed by atoms with Crippen LogP contribution in [0, 0.1) is 18.8 Å². The molecule has 0 bridgehead atoms. The molecule has 1 aromatic rings. The molecule has 1 aliphatic rings. The molecule has 3 N–H and O–H groups in total. The fourth-order valence-electron chi connectivity index (χ4n) is 2.39. The lowest BCUT2D eigenvalue weighted by Crippen LogP contribution is -2.25. The van der Waals surface area contributed by atoms with Gasteiger partial charge in [0.15, 0.2) is 0 Å². The van der Waals surface area contributed by atoms with Crippen LogP contribution in [0.15, 0.2) is 12.4 Å². The topological polar surface area (TPSA) is 63.8 Å². The molecule has 2 rings (SSSR count). The Kier molecular flexibility index (Phi) is 4.31. The van der Waals surface area contributed by atoms with Crippen molar-refractivity contribution < 1.29 is 0 Å². The third kappa shape index (κ3) is 3.66. The molecule has 0 amide bonds. The first-order valence-corrected chi connectivity index (χ1v) is 6.50. The average Bonchev–Trinajstić information content (AvgIpc) is 2.39. The minimum absolute atomic E-state index is 0.747. The van der Waals surface area contributed by atoms with Crippen molar-refractivity contribution in [3.63, 3.8) is 0 Å². The van der Waals surface area contributed by atoms with Gasteiger partial charge in [-0.05, 0) is 56.6 Å². The Labute approximate surface area is 103 Å². The van der Waals surface area contributed by atoms with Crippen LogP contribution in [0.5, 0.6) is 0 Å². The summed E-state index contributed by atoms with van der Waals surface area (Å²) in [7, 11) is 0. The predicted molar refractivity (Wildman–Crippen MR) is 69.8 cm³/mol. The third-order valence-electron chi connectivity index (χ3n) is 3.63. The Morgan fingerprint density at radius 2 is 1.76 bits per heavy atom. The number of aromatic nitrogens is 2. The third-order valence-corrected chi connectivity index (χ3v) is 3.63. The molecule has 1 fully saturated rings. The molecule has 0 saturated heterocycles. The number of nitrogens with zero attached hydrogens (tertiary/aromatic N) is 2. The fraction of sp³-hybridized carbons (Fsp3) is 0.692. The van der Waals surface area contributed by atoms with Crippen molar-refractivity contribution in [1.29, 1.82) is 0 Å². The Morgan fingerprint density at radius 3 is 2.35 bits per heavy atom. The second kappa shape index (κ2) is 5.96. The van der Waals surface area contributed by atoms with Gasteiger partial charge in [0.25, 0.3) is 0 Å². The maximum Gasteiger partial charge on any atom is 0.222 e. The van der Waals surface area contributed by atoms with Crippen LogP contribution in [0.1, 0.15) is 31.2 Å². The highest BCUT2D eigenvalue weighted by Gasteiger charge is 2.19. The van der Waals surface area contributed by atoms with E-state index < -0.39 is 0 Å². The molecule has 17 heavy (non-hydrogen) atoms. The minimum Gasteiger partial charge on any atom is -0.354 e. The highest BCUT2D eigenvalue weighted by Crippen LogP contribution is 2.27. The van der Waals surface area contributed by atoms with Crippen molar-refractivity contribution >= 4 is 5.95 Å². The van der Waals surface area contributed by atoms with E-state index in [2.05, 4.69) is 15.3 Å². The highest BCUT2D eigenvalue weighted by atomic mass is 15.1. The van der Waals surface area contributed by atoms with Gasteiger partial charge in [-0.2, -0.15) is 0 Å². The molecule has 1 heterocycles. The maximum absolute atomic E-state index is 5.69. The summed E-state index contributed by atoms with van der Waals surface area (Å²) < 4.78 is 0. The molecular formula is C13H22N4. The standard InChI is InChI=1S/C13H22N4/c1-10-7-15-13(16-8-10)17-9-12-4-2-11(6-14)3-5-12/h7-8,11-12H,2-6,9,14H2,1H3,(H,15,16,17). The number of hydrogen-bond donors (Lipinski definition) is 2. The summed E-state index contributed by atoms with van der Waals surface area (Å²) in [6.07, 6.45) is 8.80. The van der Waals surface area contributed by atoms with Crippen LogP contribution in [-0.4, -0.2) is 23.1 Å². The summed E-state index contributed by atoms with van der Waals surface area (Å²) in [5, 5.41) is 3.32. The van der Waals surface area contributed by atoms with Gasteiger partial charge < -0.3 is 11.1 Å². The van der Waals surface area contributed by atoms with Crippen molar-refractivity contribution in [2.24, 2.45) is 17.6 Å². The quantitative estimate of drug-likeness (QED) is 0.836. The Bertz CT molecular complexity index is 328. The summed E-state index contributed by atoms with van der Waals surface area (Å²) in [6.45, 7) is 3.83. The van der Waals surface area contributed by atoms with Crippen LogP contribution < -0.4 is 11.1 Å². The maximum atomic E-state index is 5.69. The summed E-state index contributed by atoms with van der Waals surface area (Å²) in [5.41, 5.74) is 6.79. The van der Waals surface area contributed by atoms with Gasteiger partial charge in [0.2, 0.25) is 5.95 Å². The lowest BCUT2D eigenvalue weighted by atomic mass is 9.82. The first-order valence-electron chi connectivity index (χ1n) is 6.50. The molecule has 4 nitrogen and oxygen atoms in total. The minimum atomic E-state index is 0.747. The van der Waals surface area contributed by atoms with Crippen LogP contribution in [0.2, 0.25) is 0 Å². The van der Waals surface area contributed by atoms with E-state index in [1.165, 1.54) is 25.7 Å². The van der Waals surface area contributed by atoms with Crippen molar-refractivity contribution in [1.82, 2.24) is 9.97 Å². The summed E-state index contributed by atoms with van der Waals surface area (Å²) >= 11 is 0. The molecular weight excluding hydrogens is 212 g/mol. The molecule has 0 unspecified atom stereocenters. The predicted octanol–water partition coefficient (Wildman–Crippen LogP) is 1.96. The van der Waals surface area contributed by atoms with Gasteiger partial charge in [-0.1, -0.05) is 0 Å². The van der Waals surface area contributed by atoms with Crippen molar-refractivity contribution in [2.45, 2.75) is 32.6 Å². The molecule has 0 spiro atoms. The van der Waals surface area contributed by atoms with Gasteiger partial charge in [0.05, 0.1) is 0 Å². The van der Waals surface area contributed by atoms with Crippen LogP contribution >= 0.6 is 0 Å². The molecule has 1 aliphatic carbocycles. The Balaban J connectivity index is 1.74. The summed E-state index contributed by atoms with van der Waals surface area (Å²) in [6, 6.07) is 0.